The van der Waals surface area contributed by atoms with Crippen LogP contribution in [-0.2, 0) is 25.0 Å². The molecule has 0 radical (unpaired) electrons. The molecule has 0 spiro atoms. The Kier molecular flexibility index (Phi) is 10.1. The molecule has 1 amide bonds. The van der Waals surface area contributed by atoms with Crippen molar-refractivity contribution in [3.63, 3.8) is 0 Å². The molecule has 0 saturated heterocycles. The number of carbonyl (C=O) groups is 1. The number of nitrogens with one attached hydrogen (secondary N) is 1. The van der Waals surface area contributed by atoms with Crippen LogP contribution in [0.1, 0.15) is 76.6 Å². The Bertz CT molecular complexity index is 1520. The maximum Gasteiger partial charge on any atom is 0.271 e. The summed E-state index contributed by atoms with van der Waals surface area (Å²) in [6.07, 6.45) is 2.70. The minimum atomic E-state index is -0.175. The fraction of sp³-hybridized carbons (Fsp3) is 0.270. The molecule has 2 heterocycles. The van der Waals surface area contributed by atoms with Crippen LogP contribution in [0.4, 0.5) is 0 Å². The summed E-state index contributed by atoms with van der Waals surface area (Å²) in [6, 6.07) is 36.2. The molecular weight excluding hydrogens is 549 g/mol. The largest absolute Gasteiger partial charge is 0.345 e. The second kappa shape index (κ2) is 14.4. The number of hydrogen-bond acceptors (Lipinski definition) is 5. The predicted octanol–water partition coefficient (Wildman–Crippen LogP) is 7.99. The average molecular weight is 589 g/mol. The normalized spacial score (nSPS) is 11.7. The quantitative estimate of drug-likeness (QED) is 0.161. The van der Waals surface area contributed by atoms with Crippen LogP contribution in [-0.4, -0.2) is 27.3 Å². The molecule has 0 aliphatic carbocycles. The van der Waals surface area contributed by atoms with E-state index in [1.54, 1.807) is 17.5 Å². The second-order valence-electron chi connectivity index (χ2n) is 12.0. The van der Waals surface area contributed by atoms with Crippen LogP contribution < -0.4 is 5.32 Å². The molecule has 43 heavy (non-hydrogen) atoms. The highest BCUT2D eigenvalue weighted by Crippen LogP contribution is 2.29. The van der Waals surface area contributed by atoms with Crippen LogP contribution in [0.5, 0.6) is 0 Å². The van der Waals surface area contributed by atoms with Crippen molar-refractivity contribution in [2.45, 2.75) is 58.2 Å². The molecular formula is C37H40N4OS. The van der Waals surface area contributed by atoms with E-state index in [9.17, 15) is 4.79 Å². The highest BCUT2D eigenvalue weighted by Gasteiger charge is 2.19. The van der Waals surface area contributed by atoms with Gasteiger partial charge in [0.25, 0.3) is 5.91 Å². The Morgan fingerprint density at radius 3 is 2.09 bits per heavy atom. The lowest BCUT2D eigenvalue weighted by Gasteiger charge is -2.26. The Labute approximate surface area is 259 Å². The van der Waals surface area contributed by atoms with Crippen LogP contribution >= 0.6 is 11.3 Å². The summed E-state index contributed by atoms with van der Waals surface area (Å²) < 4.78 is 0. The lowest BCUT2D eigenvalue weighted by Crippen LogP contribution is -2.26. The molecule has 0 unspecified atom stereocenters. The third-order valence-corrected chi connectivity index (χ3v) is 8.50. The Hall–Kier alpha value is -4.13. The van der Waals surface area contributed by atoms with Gasteiger partial charge < -0.3 is 5.32 Å². The summed E-state index contributed by atoms with van der Waals surface area (Å²) in [5.74, 6) is 0.114. The van der Waals surface area contributed by atoms with Crippen molar-refractivity contribution >= 4 is 17.2 Å². The van der Waals surface area contributed by atoms with Crippen molar-refractivity contribution in [2.75, 3.05) is 6.54 Å². The predicted molar refractivity (Wildman–Crippen MR) is 176 cm³/mol. The third kappa shape index (κ3) is 8.69. The zero-order chi connectivity index (χ0) is 30.1. The lowest BCUT2D eigenvalue weighted by molar-refractivity contribution is 0.0945. The molecule has 0 fully saturated rings. The van der Waals surface area contributed by atoms with Gasteiger partial charge in [-0.2, -0.15) is 0 Å². The summed E-state index contributed by atoms with van der Waals surface area (Å²) in [5.41, 5.74) is 6.64. The fourth-order valence-corrected chi connectivity index (χ4v) is 6.05. The van der Waals surface area contributed by atoms with Gasteiger partial charge in [0.1, 0.15) is 10.7 Å². The monoisotopic (exact) mass is 588 g/mol. The van der Waals surface area contributed by atoms with Crippen molar-refractivity contribution < 1.29 is 4.79 Å². The molecule has 220 valence electrons. The first-order valence-electron chi connectivity index (χ1n) is 14.9. The molecule has 2 aromatic heterocycles. The number of thiazole rings is 1. The molecule has 3 aromatic carbocycles. The summed E-state index contributed by atoms with van der Waals surface area (Å²) in [6.45, 7) is 9.48. The Morgan fingerprint density at radius 1 is 0.837 bits per heavy atom. The van der Waals surface area contributed by atoms with Crippen molar-refractivity contribution in [1.82, 2.24) is 20.2 Å². The van der Waals surface area contributed by atoms with Gasteiger partial charge in [0.2, 0.25) is 0 Å². The first kappa shape index (κ1) is 30.3. The highest BCUT2D eigenvalue weighted by molar-refractivity contribution is 7.09. The molecule has 0 aliphatic rings. The first-order chi connectivity index (χ1) is 20.8. The van der Waals surface area contributed by atoms with E-state index in [0.717, 1.165) is 30.2 Å². The maximum atomic E-state index is 12.8. The SMILES string of the molecule is CC(C)(C)c1ccc(CN(CCC(c2ccccc2)c2ccccc2)Cc2nc(C(=O)NCc3ccccn3)cs2)cc1. The smallest absolute Gasteiger partial charge is 0.271 e. The van der Waals surface area contributed by atoms with Gasteiger partial charge in [-0.1, -0.05) is 112 Å². The third-order valence-electron chi connectivity index (χ3n) is 7.66. The average Bonchev–Trinajstić information content (AvgIpc) is 3.50. The van der Waals surface area contributed by atoms with Crippen molar-refractivity contribution in [3.05, 3.63) is 153 Å². The van der Waals surface area contributed by atoms with E-state index in [2.05, 4.69) is 121 Å². The fourth-order valence-electron chi connectivity index (χ4n) is 5.23. The number of pyridine rings is 1. The molecule has 5 aromatic rings. The number of carbonyl (C=O) groups excluding carboxylic acids is 1. The van der Waals surface area contributed by atoms with E-state index in [4.69, 9.17) is 4.98 Å². The highest BCUT2D eigenvalue weighted by atomic mass is 32.1. The first-order valence-corrected chi connectivity index (χ1v) is 15.8. The second-order valence-corrected chi connectivity index (χ2v) is 12.9. The standard InChI is InChI=1S/C37H40N4OS/c1-37(2,3)31-19-17-28(18-20-31)25-41(23-21-33(29-12-6-4-7-13-29)30-14-8-5-9-15-30)26-35-40-34(27-43-35)36(42)39-24-32-16-10-11-22-38-32/h4-20,22,27,33H,21,23-26H2,1-3H3,(H,39,42). The van der Waals surface area contributed by atoms with Crippen LogP contribution in [0.3, 0.4) is 0 Å². The van der Waals surface area contributed by atoms with Gasteiger partial charge in [-0.25, -0.2) is 4.98 Å². The molecule has 6 heteroatoms. The molecule has 1 N–H and O–H groups in total. The number of benzene rings is 3. The molecule has 0 aliphatic heterocycles. The molecule has 0 bridgehead atoms. The van der Waals surface area contributed by atoms with E-state index in [1.807, 2.05) is 23.6 Å². The lowest BCUT2D eigenvalue weighted by atomic mass is 9.86. The summed E-state index contributed by atoms with van der Waals surface area (Å²) in [7, 11) is 0. The number of hydrogen-bond donors (Lipinski definition) is 1. The zero-order valence-corrected chi connectivity index (χ0v) is 26.1. The number of aromatic nitrogens is 2. The van der Waals surface area contributed by atoms with Gasteiger partial charge in [-0.15, -0.1) is 11.3 Å². The van der Waals surface area contributed by atoms with Crippen molar-refractivity contribution in [1.29, 1.82) is 0 Å². The van der Waals surface area contributed by atoms with E-state index < -0.39 is 0 Å². The summed E-state index contributed by atoms with van der Waals surface area (Å²) >= 11 is 1.54. The van der Waals surface area contributed by atoms with Crippen LogP contribution in [0.25, 0.3) is 0 Å². The van der Waals surface area contributed by atoms with Gasteiger partial charge in [0.15, 0.2) is 0 Å². The van der Waals surface area contributed by atoms with Gasteiger partial charge in [0.05, 0.1) is 18.8 Å². The van der Waals surface area contributed by atoms with E-state index >= 15 is 0 Å². The van der Waals surface area contributed by atoms with Crippen LogP contribution in [0.2, 0.25) is 0 Å². The van der Waals surface area contributed by atoms with Crippen molar-refractivity contribution in [2.24, 2.45) is 0 Å². The topological polar surface area (TPSA) is 58.1 Å². The van der Waals surface area contributed by atoms with E-state index in [1.165, 1.54) is 22.3 Å². The number of rotatable bonds is 12. The number of nitrogens with zero attached hydrogens (tertiary/aromatic N) is 3. The molecule has 5 rings (SSSR count). The Balaban J connectivity index is 1.32. The number of amides is 1. The molecule has 0 atom stereocenters. The Morgan fingerprint density at radius 2 is 1.49 bits per heavy atom. The van der Waals surface area contributed by atoms with Crippen LogP contribution in [0, 0.1) is 0 Å². The molecule has 0 saturated carbocycles. The maximum absolute atomic E-state index is 12.8. The summed E-state index contributed by atoms with van der Waals surface area (Å²) in [4.78, 5) is 24.3. The van der Waals surface area contributed by atoms with Crippen LogP contribution in [0.15, 0.2) is 115 Å². The molecule has 5 nitrogen and oxygen atoms in total. The zero-order valence-electron chi connectivity index (χ0n) is 25.2. The van der Waals surface area contributed by atoms with Gasteiger partial charge in [-0.3, -0.25) is 14.7 Å². The van der Waals surface area contributed by atoms with Gasteiger partial charge >= 0.3 is 0 Å². The minimum absolute atomic E-state index is 0.116. The van der Waals surface area contributed by atoms with Gasteiger partial charge in [-0.05, 0) is 52.8 Å². The van der Waals surface area contributed by atoms with E-state index in [0.29, 0.717) is 18.8 Å². The summed E-state index contributed by atoms with van der Waals surface area (Å²) in [5, 5.41) is 5.74. The minimum Gasteiger partial charge on any atom is -0.345 e. The van der Waals surface area contributed by atoms with E-state index in [-0.39, 0.29) is 17.2 Å². The van der Waals surface area contributed by atoms with Crippen molar-refractivity contribution in [3.8, 4) is 0 Å². The van der Waals surface area contributed by atoms with Gasteiger partial charge in [0, 0.05) is 24.0 Å².